The highest BCUT2D eigenvalue weighted by molar-refractivity contribution is 6.30. The smallest absolute Gasteiger partial charge is 0.258 e. The second kappa shape index (κ2) is 9.14. The monoisotopic (exact) mass is 386 g/mol. The molecule has 1 fully saturated rings. The molecule has 3 rings (SSSR count). The standard InChI is InChI=1S/C22H27ClN2O2/c1-16-5-4-12-25(14-16)20-10-8-18(9-11-20)17(2)24-22(26)15-27-21-7-3-6-19(23)13-21/h3,6-11,13,16-17H,4-5,12,14-15H2,1-2H3,(H,24,26)/t16-,17+/m1/s1. The quantitative estimate of drug-likeness (QED) is 0.772. The first-order valence-electron chi connectivity index (χ1n) is 9.54. The van der Waals surface area contributed by atoms with Gasteiger partial charge in [0.1, 0.15) is 5.75 Å². The van der Waals surface area contributed by atoms with E-state index in [4.69, 9.17) is 16.3 Å². The van der Waals surface area contributed by atoms with Gasteiger partial charge in [-0.15, -0.1) is 0 Å². The lowest BCUT2D eigenvalue weighted by Crippen LogP contribution is -2.34. The molecule has 0 aliphatic carbocycles. The Hall–Kier alpha value is -2.20. The molecule has 144 valence electrons. The lowest BCUT2D eigenvalue weighted by molar-refractivity contribution is -0.123. The molecule has 0 unspecified atom stereocenters. The van der Waals surface area contributed by atoms with Gasteiger partial charge in [0.15, 0.2) is 6.61 Å². The average molecular weight is 387 g/mol. The number of nitrogens with one attached hydrogen (secondary N) is 1. The minimum atomic E-state index is -0.156. The van der Waals surface area contributed by atoms with Gasteiger partial charge in [0, 0.05) is 23.8 Å². The van der Waals surface area contributed by atoms with Gasteiger partial charge >= 0.3 is 0 Å². The maximum absolute atomic E-state index is 12.2. The van der Waals surface area contributed by atoms with Crippen molar-refractivity contribution >= 4 is 23.2 Å². The van der Waals surface area contributed by atoms with Gasteiger partial charge in [0.05, 0.1) is 6.04 Å². The van der Waals surface area contributed by atoms with E-state index in [9.17, 15) is 4.79 Å². The summed E-state index contributed by atoms with van der Waals surface area (Å²) in [6.45, 7) is 6.50. The van der Waals surface area contributed by atoms with Crippen LogP contribution in [0.15, 0.2) is 48.5 Å². The lowest BCUT2D eigenvalue weighted by atomic mass is 9.99. The summed E-state index contributed by atoms with van der Waals surface area (Å²) < 4.78 is 5.49. The first-order valence-corrected chi connectivity index (χ1v) is 9.91. The zero-order chi connectivity index (χ0) is 19.2. The zero-order valence-corrected chi connectivity index (χ0v) is 16.7. The summed E-state index contributed by atoms with van der Waals surface area (Å²) in [4.78, 5) is 14.6. The molecule has 4 nitrogen and oxygen atoms in total. The molecular weight excluding hydrogens is 360 g/mol. The molecule has 2 atom stereocenters. The average Bonchev–Trinajstić information content (AvgIpc) is 2.66. The van der Waals surface area contributed by atoms with Gasteiger partial charge in [-0.25, -0.2) is 0 Å². The van der Waals surface area contributed by atoms with Gasteiger partial charge in [-0.2, -0.15) is 0 Å². The van der Waals surface area contributed by atoms with Crippen LogP contribution in [-0.4, -0.2) is 25.6 Å². The fraction of sp³-hybridized carbons (Fsp3) is 0.409. The second-order valence-corrected chi connectivity index (χ2v) is 7.76. The van der Waals surface area contributed by atoms with Gasteiger partial charge in [-0.3, -0.25) is 4.79 Å². The molecule has 1 aliphatic rings. The van der Waals surface area contributed by atoms with Gasteiger partial charge in [0.2, 0.25) is 0 Å². The molecule has 0 radical (unpaired) electrons. The molecule has 5 heteroatoms. The van der Waals surface area contributed by atoms with E-state index >= 15 is 0 Å². The second-order valence-electron chi connectivity index (χ2n) is 7.32. The maximum Gasteiger partial charge on any atom is 0.258 e. The largest absolute Gasteiger partial charge is 0.484 e. The Morgan fingerprint density at radius 2 is 2.07 bits per heavy atom. The summed E-state index contributed by atoms with van der Waals surface area (Å²) in [7, 11) is 0. The fourth-order valence-electron chi connectivity index (χ4n) is 3.47. The Kier molecular flexibility index (Phi) is 6.62. The normalized spacial score (nSPS) is 18.0. The zero-order valence-electron chi connectivity index (χ0n) is 16.0. The van der Waals surface area contributed by atoms with Crippen LogP contribution in [-0.2, 0) is 4.79 Å². The predicted molar refractivity (Wildman–Crippen MR) is 111 cm³/mol. The number of piperidine rings is 1. The Morgan fingerprint density at radius 3 is 2.78 bits per heavy atom. The number of rotatable bonds is 6. The third-order valence-electron chi connectivity index (χ3n) is 4.96. The van der Waals surface area contributed by atoms with Crippen molar-refractivity contribution in [2.24, 2.45) is 5.92 Å². The molecule has 2 aromatic rings. The molecule has 0 saturated carbocycles. The third kappa shape index (κ3) is 5.64. The van der Waals surface area contributed by atoms with Crippen LogP contribution in [0.2, 0.25) is 5.02 Å². The van der Waals surface area contributed by atoms with E-state index in [1.807, 2.05) is 6.92 Å². The SMILES string of the molecule is C[C@@H]1CCCN(c2ccc([C@H](C)NC(=O)COc3cccc(Cl)c3)cc2)C1. The maximum atomic E-state index is 12.2. The highest BCUT2D eigenvalue weighted by Gasteiger charge is 2.17. The minimum Gasteiger partial charge on any atom is -0.484 e. The van der Waals surface area contributed by atoms with Gasteiger partial charge < -0.3 is 15.0 Å². The van der Waals surface area contributed by atoms with Crippen LogP contribution in [0.1, 0.15) is 38.3 Å². The Morgan fingerprint density at radius 1 is 1.30 bits per heavy atom. The molecule has 0 bridgehead atoms. The fourth-order valence-corrected chi connectivity index (χ4v) is 3.65. The number of carbonyl (C=O) groups excluding carboxylic acids is 1. The number of benzene rings is 2. The van der Waals surface area contributed by atoms with E-state index in [2.05, 4.69) is 41.4 Å². The summed E-state index contributed by atoms with van der Waals surface area (Å²) in [6.07, 6.45) is 2.57. The number of amides is 1. The predicted octanol–water partition coefficient (Wildman–Crippen LogP) is 4.83. The first kappa shape index (κ1) is 19.6. The summed E-state index contributed by atoms with van der Waals surface area (Å²) in [5.41, 5.74) is 2.34. The summed E-state index contributed by atoms with van der Waals surface area (Å²) in [5, 5.41) is 3.56. The first-order chi connectivity index (χ1) is 13.0. The topological polar surface area (TPSA) is 41.6 Å². The Bertz CT molecular complexity index is 763. The highest BCUT2D eigenvalue weighted by atomic mass is 35.5. The van der Waals surface area contributed by atoms with E-state index in [-0.39, 0.29) is 18.6 Å². The Balaban J connectivity index is 1.51. The van der Waals surface area contributed by atoms with Gasteiger partial charge in [-0.1, -0.05) is 36.7 Å². The summed E-state index contributed by atoms with van der Waals surface area (Å²) in [5.74, 6) is 1.18. The van der Waals surface area contributed by atoms with Crippen LogP contribution in [0.4, 0.5) is 5.69 Å². The van der Waals surface area contributed by atoms with Gasteiger partial charge in [0.25, 0.3) is 5.91 Å². The summed E-state index contributed by atoms with van der Waals surface area (Å²) >= 11 is 5.92. The van der Waals surface area contributed by atoms with Crippen LogP contribution in [0.25, 0.3) is 0 Å². The molecule has 2 aromatic carbocycles. The summed E-state index contributed by atoms with van der Waals surface area (Å²) in [6, 6.07) is 15.5. The van der Waals surface area contributed by atoms with Crippen LogP contribution in [0, 0.1) is 5.92 Å². The number of hydrogen-bond acceptors (Lipinski definition) is 3. The number of hydrogen-bond donors (Lipinski definition) is 1. The number of halogens is 1. The molecule has 1 aliphatic heterocycles. The van der Waals surface area contributed by atoms with Crippen molar-refractivity contribution in [1.29, 1.82) is 0 Å². The van der Waals surface area contributed by atoms with E-state index in [1.165, 1.54) is 18.5 Å². The van der Waals surface area contributed by atoms with Crippen molar-refractivity contribution in [3.63, 3.8) is 0 Å². The molecule has 1 saturated heterocycles. The van der Waals surface area contributed by atoms with Crippen molar-refractivity contribution in [2.75, 3.05) is 24.6 Å². The van der Waals surface area contributed by atoms with E-state index in [1.54, 1.807) is 24.3 Å². The van der Waals surface area contributed by atoms with Crippen molar-refractivity contribution in [3.8, 4) is 5.75 Å². The molecule has 1 N–H and O–H groups in total. The van der Waals surface area contributed by atoms with Gasteiger partial charge in [-0.05, 0) is 61.6 Å². The number of nitrogens with zero attached hydrogens (tertiary/aromatic N) is 1. The van der Waals surface area contributed by atoms with E-state index < -0.39 is 0 Å². The molecule has 1 amide bonds. The van der Waals surface area contributed by atoms with Crippen LogP contribution in [0.3, 0.4) is 0 Å². The number of ether oxygens (including phenoxy) is 1. The lowest BCUT2D eigenvalue weighted by Gasteiger charge is -2.33. The number of carbonyl (C=O) groups is 1. The van der Waals surface area contributed by atoms with Crippen LogP contribution >= 0.6 is 11.6 Å². The van der Waals surface area contributed by atoms with Crippen molar-refractivity contribution in [3.05, 3.63) is 59.1 Å². The third-order valence-corrected chi connectivity index (χ3v) is 5.19. The van der Waals surface area contributed by atoms with E-state index in [0.29, 0.717) is 10.8 Å². The molecule has 0 spiro atoms. The van der Waals surface area contributed by atoms with Crippen molar-refractivity contribution < 1.29 is 9.53 Å². The number of anilines is 1. The molecule has 27 heavy (non-hydrogen) atoms. The van der Waals surface area contributed by atoms with Crippen LogP contribution < -0.4 is 15.0 Å². The van der Waals surface area contributed by atoms with Crippen molar-refractivity contribution in [2.45, 2.75) is 32.7 Å². The van der Waals surface area contributed by atoms with Crippen LogP contribution in [0.5, 0.6) is 5.75 Å². The minimum absolute atomic E-state index is 0.0333. The molecule has 1 heterocycles. The van der Waals surface area contributed by atoms with E-state index in [0.717, 1.165) is 24.6 Å². The molecule has 0 aromatic heterocycles. The highest BCUT2D eigenvalue weighted by Crippen LogP contribution is 2.24. The Labute approximate surface area is 166 Å². The molecular formula is C22H27ClN2O2. The van der Waals surface area contributed by atoms with Crippen molar-refractivity contribution in [1.82, 2.24) is 5.32 Å².